The molecule has 0 radical (unpaired) electrons. The summed E-state index contributed by atoms with van der Waals surface area (Å²) >= 11 is -1.48. The number of nitrogens with one attached hydrogen (secondary N) is 1. The van der Waals surface area contributed by atoms with Crippen LogP contribution in [0.5, 0.6) is 0 Å². The molecule has 0 saturated carbocycles. The van der Waals surface area contributed by atoms with Crippen LogP contribution in [0.2, 0.25) is 0 Å². The zero-order chi connectivity index (χ0) is 16.4. The predicted molar refractivity (Wildman–Crippen MR) is 78.8 cm³/mol. The van der Waals surface area contributed by atoms with Gasteiger partial charge in [0.25, 0.3) is 0 Å². The Bertz CT molecular complexity index is 543. The van der Waals surface area contributed by atoms with E-state index in [4.69, 9.17) is 6.42 Å². The minimum absolute atomic E-state index is 0.0476. The molecule has 2 atom stereocenters. The normalized spacial score (nSPS) is 15.4. The van der Waals surface area contributed by atoms with Gasteiger partial charge in [-0.2, -0.15) is 13.2 Å². The molecule has 21 heavy (non-hydrogen) atoms. The number of benzene rings is 1. The van der Waals surface area contributed by atoms with Crippen molar-refractivity contribution in [2.24, 2.45) is 0 Å². The van der Waals surface area contributed by atoms with Crippen molar-refractivity contribution in [1.82, 2.24) is 4.72 Å². The molecular formula is C15H18F3NOS. The van der Waals surface area contributed by atoms with Crippen LogP contribution < -0.4 is 4.72 Å². The lowest BCUT2D eigenvalue weighted by Crippen LogP contribution is -2.41. The van der Waals surface area contributed by atoms with Gasteiger partial charge in [0.2, 0.25) is 0 Å². The summed E-state index contributed by atoms with van der Waals surface area (Å²) in [6, 6.07) is 2.99. The molecule has 0 bridgehead atoms. The van der Waals surface area contributed by atoms with Crippen molar-refractivity contribution < 1.29 is 17.7 Å². The van der Waals surface area contributed by atoms with Crippen LogP contribution >= 0.6 is 0 Å². The van der Waals surface area contributed by atoms with Gasteiger partial charge in [-0.15, -0.1) is 11.1 Å². The second-order valence-electron chi connectivity index (χ2n) is 5.62. The molecule has 1 unspecified atom stereocenters. The largest absolute Gasteiger partial charge is 0.598 e. The number of hydrogen-bond acceptors (Lipinski definition) is 2. The van der Waals surface area contributed by atoms with Crippen LogP contribution in [0.25, 0.3) is 0 Å². The zero-order valence-corrected chi connectivity index (χ0v) is 13.2. The van der Waals surface area contributed by atoms with Gasteiger partial charge in [-0.25, -0.2) is 0 Å². The highest BCUT2D eigenvalue weighted by atomic mass is 32.2. The van der Waals surface area contributed by atoms with E-state index >= 15 is 0 Å². The van der Waals surface area contributed by atoms with Crippen LogP contribution in [-0.4, -0.2) is 9.30 Å². The predicted octanol–water partition coefficient (Wildman–Crippen LogP) is 3.74. The third-order valence-electron chi connectivity index (χ3n) is 2.94. The van der Waals surface area contributed by atoms with Crippen molar-refractivity contribution in [3.05, 3.63) is 34.9 Å². The summed E-state index contributed by atoms with van der Waals surface area (Å²) < 4.78 is 53.0. The van der Waals surface area contributed by atoms with Crippen LogP contribution in [0.3, 0.4) is 0 Å². The molecule has 6 heteroatoms. The maximum atomic E-state index is 12.9. The molecule has 0 heterocycles. The third kappa shape index (κ3) is 4.40. The van der Waals surface area contributed by atoms with E-state index in [9.17, 15) is 17.7 Å². The molecule has 116 valence electrons. The smallest absolute Gasteiger partial charge is 0.416 e. The summed E-state index contributed by atoms with van der Waals surface area (Å²) in [6.45, 7) is 6.62. The van der Waals surface area contributed by atoms with Crippen LogP contribution in [-0.2, 0) is 17.5 Å². The van der Waals surface area contributed by atoms with Crippen molar-refractivity contribution >= 4 is 11.4 Å². The molecule has 1 N–H and O–H groups in total. The first kappa shape index (κ1) is 17.9. The third-order valence-corrected chi connectivity index (χ3v) is 4.50. The lowest BCUT2D eigenvalue weighted by Gasteiger charge is -2.27. The Balaban J connectivity index is 3.17. The number of rotatable bonds is 3. The zero-order valence-electron chi connectivity index (χ0n) is 12.3. The second-order valence-corrected chi connectivity index (χ2v) is 7.61. The highest BCUT2D eigenvalue weighted by molar-refractivity contribution is 7.90. The summed E-state index contributed by atoms with van der Waals surface area (Å²) in [6.07, 6.45) is 0.954. The van der Waals surface area contributed by atoms with Gasteiger partial charge in [-0.3, -0.25) is 0 Å². The van der Waals surface area contributed by atoms with E-state index in [0.29, 0.717) is 5.56 Å². The average Bonchev–Trinajstić information content (AvgIpc) is 2.33. The van der Waals surface area contributed by atoms with Crippen molar-refractivity contribution in [1.29, 1.82) is 0 Å². The van der Waals surface area contributed by atoms with E-state index in [0.717, 1.165) is 6.07 Å². The first-order chi connectivity index (χ1) is 9.48. The minimum Gasteiger partial charge on any atom is -0.598 e. The van der Waals surface area contributed by atoms with Gasteiger partial charge in [0.1, 0.15) is 10.8 Å². The molecule has 0 saturated heterocycles. The van der Waals surface area contributed by atoms with Crippen molar-refractivity contribution in [3.8, 4) is 12.3 Å². The topological polar surface area (TPSA) is 35.1 Å². The highest BCUT2D eigenvalue weighted by Gasteiger charge is 2.35. The molecule has 0 aliphatic rings. The van der Waals surface area contributed by atoms with Crippen LogP contribution in [0.4, 0.5) is 13.2 Å². The Hall–Kier alpha value is -1.16. The van der Waals surface area contributed by atoms with E-state index in [-0.39, 0.29) is 5.56 Å². The van der Waals surface area contributed by atoms with Crippen LogP contribution in [0.15, 0.2) is 18.2 Å². The number of halogens is 3. The molecule has 0 aromatic heterocycles. The van der Waals surface area contributed by atoms with Gasteiger partial charge in [0, 0.05) is 11.4 Å². The van der Waals surface area contributed by atoms with Crippen molar-refractivity contribution in [2.75, 3.05) is 0 Å². The molecule has 0 amide bonds. The van der Waals surface area contributed by atoms with Crippen LogP contribution in [0.1, 0.15) is 43.5 Å². The maximum absolute atomic E-state index is 12.9. The molecule has 1 aromatic carbocycles. The Kier molecular flexibility index (Phi) is 5.37. The highest BCUT2D eigenvalue weighted by Crippen LogP contribution is 2.34. The molecule has 0 fully saturated rings. The first-order valence-corrected chi connectivity index (χ1v) is 7.44. The van der Waals surface area contributed by atoms with Gasteiger partial charge < -0.3 is 4.55 Å². The molecule has 1 rings (SSSR count). The standard InChI is InChI=1S/C15H18F3NOS/c1-6-13(19-21(20)14(3,4)5)11-8-7-9-12(10(11)2)15(16,17)18/h1,7-9,13,19H,2-5H3/t13-,21?/m1/s1. The lowest BCUT2D eigenvalue weighted by molar-refractivity contribution is -0.138. The number of terminal acetylenes is 1. The molecular weight excluding hydrogens is 299 g/mol. The summed E-state index contributed by atoms with van der Waals surface area (Å²) in [7, 11) is 0. The minimum atomic E-state index is -4.44. The fourth-order valence-electron chi connectivity index (χ4n) is 1.74. The average molecular weight is 317 g/mol. The van der Waals surface area contributed by atoms with Gasteiger partial charge >= 0.3 is 6.18 Å². The van der Waals surface area contributed by atoms with E-state index in [1.54, 1.807) is 20.8 Å². The van der Waals surface area contributed by atoms with E-state index in [1.165, 1.54) is 19.1 Å². The van der Waals surface area contributed by atoms with Gasteiger partial charge in [0.15, 0.2) is 0 Å². The Labute approximate surface area is 126 Å². The number of hydrogen-bond donors (Lipinski definition) is 1. The fraction of sp³-hybridized carbons (Fsp3) is 0.467. The molecule has 1 aromatic rings. The van der Waals surface area contributed by atoms with E-state index in [2.05, 4.69) is 10.6 Å². The molecule has 0 spiro atoms. The summed E-state index contributed by atoms with van der Waals surface area (Å²) in [5, 5.41) is 0. The monoisotopic (exact) mass is 317 g/mol. The Morgan fingerprint density at radius 2 is 1.86 bits per heavy atom. The maximum Gasteiger partial charge on any atom is 0.416 e. The second kappa shape index (κ2) is 6.30. The fourth-order valence-corrected chi connectivity index (χ4v) is 2.51. The summed E-state index contributed by atoms with van der Waals surface area (Å²) in [5.74, 6) is 2.37. The van der Waals surface area contributed by atoms with Gasteiger partial charge in [-0.05, 0) is 44.9 Å². The quantitative estimate of drug-likeness (QED) is 0.681. The van der Waals surface area contributed by atoms with Crippen molar-refractivity contribution in [3.63, 3.8) is 0 Å². The Morgan fingerprint density at radius 1 is 1.29 bits per heavy atom. The van der Waals surface area contributed by atoms with Crippen LogP contribution in [0, 0.1) is 19.3 Å². The molecule has 0 aliphatic carbocycles. The van der Waals surface area contributed by atoms with E-state index < -0.39 is 33.9 Å². The van der Waals surface area contributed by atoms with Crippen molar-refractivity contribution in [2.45, 2.75) is 44.7 Å². The molecule has 2 nitrogen and oxygen atoms in total. The summed E-state index contributed by atoms with van der Waals surface area (Å²) in [4.78, 5) is 0. The van der Waals surface area contributed by atoms with Gasteiger partial charge in [-0.1, -0.05) is 18.1 Å². The lowest BCUT2D eigenvalue weighted by atomic mass is 9.97. The number of alkyl halides is 3. The summed E-state index contributed by atoms with van der Waals surface area (Å²) in [5.41, 5.74) is -0.375. The van der Waals surface area contributed by atoms with E-state index in [1.807, 2.05) is 0 Å². The van der Waals surface area contributed by atoms with Gasteiger partial charge in [0.05, 0.1) is 5.56 Å². The Morgan fingerprint density at radius 3 is 2.29 bits per heavy atom. The molecule has 0 aliphatic heterocycles. The SMILES string of the molecule is C#C[C@@H](N[S+]([O-])C(C)(C)C)c1cccc(C(F)(F)F)c1C. The first-order valence-electron chi connectivity index (χ1n) is 6.29.